The summed E-state index contributed by atoms with van der Waals surface area (Å²) in [5.74, 6) is 0. The Morgan fingerprint density at radius 1 is 1.14 bits per heavy atom. The summed E-state index contributed by atoms with van der Waals surface area (Å²) in [7, 11) is -7.74. The molecule has 0 atom stereocenters. The maximum Gasteiger partial charge on any atom is 0.271 e. The van der Waals surface area contributed by atoms with Gasteiger partial charge in [0.2, 0.25) is 10.0 Å². The lowest BCUT2D eigenvalue weighted by Gasteiger charge is -2.09. The van der Waals surface area contributed by atoms with Crippen LogP contribution in [0.5, 0.6) is 0 Å². The van der Waals surface area contributed by atoms with Crippen molar-refractivity contribution in [2.45, 2.75) is 16.0 Å². The predicted molar refractivity (Wildman–Crippen MR) is 82.7 cm³/mol. The number of thiophene rings is 1. The molecule has 1 aromatic heterocycles. The van der Waals surface area contributed by atoms with Crippen LogP contribution in [0, 0.1) is 6.92 Å². The van der Waals surface area contributed by atoms with Crippen molar-refractivity contribution >= 4 is 48.7 Å². The fourth-order valence-corrected chi connectivity index (χ4v) is 4.96. The lowest BCUT2D eigenvalue weighted by atomic mass is 10.2. The van der Waals surface area contributed by atoms with Gasteiger partial charge in [0.25, 0.3) is 10.0 Å². The van der Waals surface area contributed by atoms with Gasteiger partial charge in [0.05, 0.1) is 14.9 Å². The van der Waals surface area contributed by atoms with Crippen LogP contribution in [-0.2, 0) is 20.0 Å². The van der Waals surface area contributed by atoms with E-state index in [1.807, 2.05) is 0 Å². The second kappa shape index (κ2) is 5.58. The van der Waals surface area contributed by atoms with Crippen LogP contribution in [0.2, 0.25) is 4.34 Å². The topological polar surface area (TPSA) is 106 Å². The Balaban J connectivity index is 2.41. The molecule has 0 unspecified atom stereocenters. The first-order valence-electron chi connectivity index (χ1n) is 5.51. The lowest BCUT2D eigenvalue weighted by Crippen LogP contribution is -2.16. The van der Waals surface area contributed by atoms with Crippen molar-refractivity contribution in [1.29, 1.82) is 0 Å². The minimum absolute atomic E-state index is 0.0326. The highest BCUT2D eigenvalue weighted by atomic mass is 35.5. The highest BCUT2D eigenvalue weighted by Crippen LogP contribution is 2.28. The highest BCUT2D eigenvalue weighted by Gasteiger charge is 2.18. The monoisotopic (exact) mass is 366 g/mol. The fourth-order valence-electron chi connectivity index (χ4n) is 1.62. The molecule has 0 bridgehead atoms. The van der Waals surface area contributed by atoms with E-state index >= 15 is 0 Å². The third kappa shape index (κ3) is 3.74. The molecule has 0 amide bonds. The van der Waals surface area contributed by atoms with Gasteiger partial charge >= 0.3 is 0 Å². The number of halogens is 1. The molecule has 2 rings (SSSR count). The minimum atomic E-state index is -3.93. The summed E-state index contributed by atoms with van der Waals surface area (Å²) in [6, 6.07) is 6.93. The van der Waals surface area contributed by atoms with Crippen molar-refractivity contribution in [3.8, 4) is 0 Å². The van der Waals surface area contributed by atoms with E-state index in [-0.39, 0.29) is 14.8 Å². The SMILES string of the molecule is Cc1ccc(NS(=O)(=O)c2ccc(Cl)s2)cc1S(N)(=O)=O. The van der Waals surface area contributed by atoms with Crippen LogP contribution in [0.3, 0.4) is 0 Å². The highest BCUT2D eigenvalue weighted by molar-refractivity contribution is 7.94. The maximum absolute atomic E-state index is 12.1. The van der Waals surface area contributed by atoms with Crippen LogP contribution in [0.1, 0.15) is 5.56 Å². The molecule has 0 spiro atoms. The van der Waals surface area contributed by atoms with Gasteiger partial charge in [-0.1, -0.05) is 17.7 Å². The first-order chi connectivity index (χ1) is 9.59. The van der Waals surface area contributed by atoms with Gasteiger partial charge in [-0.3, -0.25) is 4.72 Å². The molecule has 0 radical (unpaired) electrons. The van der Waals surface area contributed by atoms with Crippen LogP contribution >= 0.6 is 22.9 Å². The Hall–Kier alpha value is -1.13. The van der Waals surface area contributed by atoms with E-state index in [1.165, 1.54) is 30.3 Å². The number of sulfonamides is 2. The zero-order chi connectivity index (χ0) is 15.8. The molecule has 3 N–H and O–H groups in total. The number of nitrogens with one attached hydrogen (secondary N) is 1. The number of hydrogen-bond donors (Lipinski definition) is 2. The maximum atomic E-state index is 12.1. The summed E-state index contributed by atoms with van der Waals surface area (Å²) in [6.45, 7) is 1.57. The molecule has 0 aliphatic heterocycles. The van der Waals surface area contributed by atoms with Crippen molar-refractivity contribution < 1.29 is 16.8 Å². The van der Waals surface area contributed by atoms with Gasteiger partial charge in [-0.25, -0.2) is 22.0 Å². The molecule has 2 aromatic rings. The van der Waals surface area contributed by atoms with E-state index in [0.29, 0.717) is 9.90 Å². The summed E-state index contributed by atoms with van der Waals surface area (Å²) in [6.07, 6.45) is 0. The second-order valence-corrected chi connectivity index (χ2v) is 9.34. The molecule has 6 nitrogen and oxygen atoms in total. The third-order valence-corrected chi connectivity index (χ3v) is 6.72. The average molecular weight is 367 g/mol. The van der Waals surface area contributed by atoms with Crippen molar-refractivity contribution in [3.63, 3.8) is 0 Å². The van der Waals surface area contributed by atoms with Crippen LogP contribution in [0.4, 0.5) is 5.69 Å². The number of aryl methyl sites for hydroxylation is 1. The Bertz CT molecular complexity index is 888. The van der Waals surface area contributed by atoms with E-state index in [0.717, 1.165) is 11.3 Å². The van der Waals surface area contributed by atoms with Crippen molar-refractivity contribution in [1.82, 2.24) is 0 Å². The summed E-state index contributed by atoms with van der Waals surface area (Å²) >= 11 is 6.60. The van der Waals surface area contributed by atoms with E-state index in [9.17, 15) is 16.8 Å². The molecule has 21 heavy (non-hydrogen) atoms. The number of nitrogens with two attached hydrogens (primary N) is 1. The summed E-state index contributed by atoms with van der Waals surface area (Å²) in [5.41, 5.74) is 0.536. The quantitative estimate of drug-likeness (QED) is 0.864. The van der Waals surface area contributed by atoms with Crippen LogP contribution in [0.25, 0.3) is 0 Å². The number of anilines is 1. The van der Waals surface area contributed by atoms with Gasteiger partial charge < -0.3 is 0 Å². The number of benzene rings is 1. The summed E-state index contributed by atoms with van der Waals surface area (Å²) in [4.78, 5) is -0.132. The predicted octanol–water partition coefficient (Wildman–Crippen LogP) is 2.16. The number of primary sulfonamides is 1. The first-order valence-corrected chi connectivity index (χ1v) is 9.73. The molecule has 0 saturated carbocycles. The molecule has 0 saturated heterocycles. The van der Waals surface area contributed by atoms with Gasteiger partial charge in [-0.15, -0.1) is 11.3 Å². The van der Waals surface area contributed by atoms with Gasteiger partial charge in [-0.05, 0) is 36.8 Å². The molecule has 0 aliphatic rings. The molecular formula is C11H11ClN2O4S3. The first kappa shape index (κ1) is 16.2. The Morgan fingerprint density at radius 2 is 1.81 bits per heavy atom. The number of hydrogen-bond acceptors (Lipinski definition) is 5. The van der Waals surface area contributed by atoms with Gasteiger partial charge in [0.1, 0.15) is 4.21 Å². The molecule has 1 aromatic carbocycles. The zero-order valence-corrected chi connectivity index (χ0v) is 13.9. The standard InChI is InChI=1S/C11H11ClN2O4S3/c1-7-2-3-8(6-9(7)20(13,15)16)14-21(17,18)11-5-4-10(12)19-11/h2-6,14H,1H3,(H2,13,15,16). The minimum Gasteiger partial charge on any atom is -0.279 e. The molecule has 1 heterocycles. The molecule has 10 heteroatoms. The van der Waals surface area contributed by atoms with E-state index in [4.69, 9.17) is 16.7 Å². The molecule has 114 valence electrons. The smallest absolute Gasteiger partial charge is 0.271 e. The van der Waals surface area contributed by atoms with Crippen LogP contribution in [-0.4, -0.2) is 16.8 Å². The third-order valence-electron chi connectivity index (χ3n) is 2.56. The lowest BCUT2D eigenvalue weighted by molar-refractivity contribution is 0.596. The molecule has 0 fully saturated rings. The number of rotatable bonds is 4. The van der Waals surface area contributed by atoms with Crippen molar-refractivity contribution in [2.75, 3.05) is 4.72 Å². The van der Waals surface area contributed by atoms with Gasteiger partial charge in [-0.2, -0.15) is 0 Å². The fraction of sp³-hybridized carbons (Fsp3) is 0.0909. The van der Waals surface area contributed by atoms with Gasteiger partial charge in [0, 0.05) is 0 Å². The Morgan fingerprint density at radius 3 is 2.33 bits per heavy atom. The van der Waals surface area contributed by atoms with Crippen LogP contribution in [0.15, 0.2) is 39.4 Å². The van der Waals surface area contributed by atoms with Crippen molar-refractivity contribution in [2.24, 2.45) is 5.14 Å². The summed E-state index contributed by atoms with van der Waals surface area (Å²) < 4.78 is 49.8. The average Bonchev–Trinajstić information content (AvgIpc) is 2.77. The van der Waals surface area contributed by atoms with E-state index < -0.39 is 20.0 Å². The second-order valence-electron chi connectivity index (χ2n) is 4.19. The zero-order valence-electron chi connectivity index (χ0n) is 10.7. The van der Waals surface area contributed by atoms with Crippen molar-refractivity contribution in [3.05, 3.63) is 40.2 Å². The Labute approximate surface area is 131 Å². The van der Waals surface area contributed by atoms with E-state index in [2.05, 4.69) is 4.72 Å². The summed E-state index contributed by atoms with van der Waals surface area (Å²) in [5, 5.41) is 5.08. The van der Waals surface area contributed by atoms with E-state index in [1.54, 1.807) is 6.92 Å². The Kier molecular flexibility index (Phi) is 4.31. The van der Waals surface area contributed by atoms with Gasteiger partial charge in [0.15, 0.2) is 0 Å². The molecular weight excluding hydrogens is 356 g/mol. The normalized spacial score (nSPS) is 12.3. The molecule has 0 aliphatic carbocycles. The van der Waals surface area contributed by atoms with Crippen LogP contribution < -0.4 is 9.86 Å². The largest absolute Gasteiger partial charge is 0.279 e.